The van der Waals surface area contributed by atoms with E-state index in [-0.39, 0.29) is 18.4 Å². The first kappa shape index (κ1) is 22.4. The SMILES string of the molecule is CC(=O)O[C@H](C)[C@@H](C(=O)N1CCCC1)N1CC2(CCCN2C(=O)OC(C)(C)C)C1=O. The Morgan fingerprint density at radius 2 is 1.70 bits per heavy atom. The van der Waals surface area contributed by atoms with Gasteiger partial charge >= 0.3 is 12.1 Å². The summed E-state index contributed by atoms with van der Waals surface area (Å²) in [4.78, 5) is 55.5. The first-order chi connectivity index (χ1) is 14.0. The topological polar surface area (TPSA) is 96.5 Å². The van der Waals surface area contributed by atoms with Gasteiger partial charge < -0.3 is 19.3 Å². The summed E-state index contributed by atoms with van der Waals surface area (Å²) in [6, 6.07) is -0.883. The maximum absolute atomic E-state index is 13.4. The zero-order chi connectivity index (χ0) is 22.3. The molecule has 30 heavy (non-hydrogen) atoms. The molecule has 1 spiro atoms. The molecule has 3 atom stereocenters. The summed E-state index contributed by atoms with van der Waals surface area (Å²) >= 11 is 0. The number of likely N-dealkylation sites (tertiary alicyclic amines) is 3. The number of esters is 1. The predicted octanol–water partition coefficient (Wildman–Crippen LogP) is 1.54. The van der Waals surface area contributed by atoms with E-state index < -0.39 is 35.3 Å². The van der Waals surface area contributed by atoms with E-state index in [0.717, 1.165) is 12.8 Å². The Labute approximate surface area is 177 Å². The van der Waals surface area contributed by atoms with Crippen LogP contribution in [0.15, 0.2) is 0 Å². The number of ether oxygens (including phenoxy) is 2. The van der Waals surface area contributed by atoms with E-state index in [0.29, 0.717) is 32.5 Å². The largest absolute Gasteiger partial charge is 0.460 e. The van der Waals surface area contributed by atoms with Crippen molar-refractivity contribution >= 4 is 23.9 Å². The number of carbonyl (C=O) groups is 4. The highest BCUT2D eigenvalue weighted by atomic mass is 16.6. The van der Waals surface area contributed by atoms with Gasteiger partial charge in [0.2, 0.25) is 5.91 Å². The minimum atomic E-state index is -0.970. The van der Waals surface area contributed by atoms with Gasteiger partial charge in [0.05, 0.1) is 6.54 Å². The molecule has 0 aromatic carbocycles. The van der Waals surface area contributed by atoms with Crippen LogP contribution in [0.4, 0.5) is 4.79 Å². The molecule has 0 saturated carbocycles. The average Bonchev–Trinajstić information content (AvgIpc) is 3.29. The molecular weight excluding hydrogens is 390 g/mol. The molecule has 3 saturated heterocycles. The summed E-state index contributed by atoms with van der Waals surface area (Å²) in [7, 11) is 0. The zero-order valence-corrected chi connectivity index (χ0v) is 18.6. The molecule has 0 aliphatic carbocycles. The molecule has 3 fully saturated rings. The van der Waals surface area contributed by atoms with Gasteiger partial charge in [-0.15, -0.1) is 0 Å². The van der Waals surface area contributed by atoms with E-state index in [2.05, 4.69) is 0 Å². The first-order valence-electron chi connectivity index (χ1n) is 10.7. The molecule has 9 heteroatoms. The van der Waals surface area contributed by atoms with Crippen LogP contribution in [0.1, 0.15) is 60.3 Å². The molecule has 168 valence electrons. The van der Waals surface area contributed by atoms with Crippen molar-refractivity contribution in [2.45, 2.75) is 83.6 Å². The second-order valence-electron chi connectivity index (χ2n) is 9.49. The molecule has 1 unspecified atom stereocenters. The number of hydrogen-bond donors (Lipinski definition) is 0. The lowest BCUT2D eigenvalue weighted by Crippen LogP contribution is -2.77. The summed E-state index contributed by atoms with van der Waals surface area (Å²) in [5.74, 6) is -0.977. The van der Waals surface area contributed by atoms with Crippen LogP contribution in [0.25, 0.3) is 0 Å². The molecule has 9 nitrogen and oxygen atoms in total. The molecular formula is C21H33N3O6. The maximum Gasteiger partial charge on any atom is 0.411 e. The van der Waals surface area contributed by atoms with Crippen molar-refractivity contribution in [2.75, 3.05) is 26.2 Å². The molecule has 3 aliphatic rings. The number of carbonyl (C=O) groups excluding carboxylic acids is 4. The second-order valence-corrected chi connectivity index (χ2v) is 9.49. The molecule has 0 aromatic heterocycles. The molecule has 3 rings (SSSR count). The van der Waals surface area contributed by atoms with Crippen molar-refractivity contribution < 1.29 is 28.7 Å². The summed E-state index contributed by atoms with van der Waals surface area (Å²) in [5.41, 5.74) is -1.63. The van der Waals surface area contributed by atoms with Crippen LogP contribution in [0.5, 0.6) is 0 Å². The molecule has 3 heterocycles. The fourth-order valence-electron chi connectivity index (χ4n) is 4.71. The summed E-state index contributed by atoms with van der Waals surface area (Å²) in [5, 5.41) is 0. The second kappa shape index (κ2) is 8.07. The number of β-lactam (4-membered cyclic amide) rings is 1. The van der Waals surface area contributed by atoms with Gasteiger partial charge in [0.15, 0.2) is 0 Å². The zero-order valence-electron chi connectivity index (χ0n) is 18.6. The Kier molecular flexibility index (Phi) is 6.02. The van der Waals surface area contributed by atoms with Crippen LogP contribution < -0.4 is 0 Å². The monoisotopic (exact) mass is 423 g/mol. The number of amides is 3. The highest BCUT2D eigenvalue weighted by Crippen LogP contribution is 2.41. The third-order valence-electron chi connectivity index (χ3n) is 6.00. The van der Waals surface area contributed by atoms with Gasteiger partial charge in [-0.25, -0.2) is 4.79 Å². The quantitative estimate of drug-likeness (QED) is 0.503. The first-order valence-corrected chi connectivity index (χ1v) is 10.7. The Bertz CT molecular complexity index is 727. The standard InChI is InChI=1S/C21H33N3O6/c1-14(29-15(2)25)16(17(26)22-10-6-7-11-22)23-13-21(18(23)27)9-8-12-24(21)19(28)30-20(3,4)5/h14,16H,6-13H2,1-5H3/t14-,16+,21?/m1/s1. The summed E-state index contributed by atoms with van der Waals surface area (Å²) in [6.45, 7) is 10.2. The van der Waals surface area contributed by atoms with Crippen LogP contribution in [0, 0.1) is 0 Å². The number of hydrogen-bond acceptors (Lipinski definition) is 6. The fourth-order valence-corrected chi connectivity index (χ4v) is 4.71. The van der Waals surface area contributed by atoms with Crippen molar-refractivity contribution in [1.82, 2.24) is 14.7 Å². The lowest BCUT2D eigenvalue weighted by molar-refractivity contribution is -0.178. The molecule has 0 N–H and O–H groups in total. The molecule has 3 amide bonds. The smallest absolute Gasteiger partial charge is 0.411 e. The Hall–Kier alpha value is -2.32. The fraction of sp³-hybridized carbons (Fsp3) is 0.810. The van der Waals surface area contributed by atoms with Gasteiger partial charge in [0.25, 0.3) is 5.91 Å². The number of nitrogens with zero attached hydrogens (tertiary/aromatic N) is 3. The summed E-state index contributed by atoms with van der Waals surface area (Å²) < 4.78 is 10.8. The molecule has 3 aliphatic heterocycles. The highest BCUT2D eigenvalue weighted by molar-refractivity contribution is 6.00. The van der Waals surface area contributed by atoms with Gasteiger partial charge in [-0.2, -0.15) is 0 Å². The van der Waals surface area contributed by atoms with Crippen LogP contribution in [0.2, 0.25) is 0 Å². The van der Waals surface area contributed by atoms with Gasteiger partial charge in [-0.1, -0.05) is 0 Å². The molecule has 0 aromatic rings. The van der Waals surface area contributed by atoms with Crippen LogP contribution >= 0.6 is 0 Å². The third-order valence-corrected chi connectivity index (χ3v) is 6.00. The number of rotatable bonds is 4. The Morgan fingerprint density at radius 3 is 2.23 bits per heavy atom. The minimum Gasteiger partial charge on any atom is -0.460 e. The van der Waals surface area contributed by atoms with Crippen molar-refractivity contribution in [3.05, 3.63) is 0 Å². The van der Waals surface area contributed by atoms with Crippen molar-refractivity contribution in [3.63, 3.8) is 0 Å². The van der Waals surface area contributed by atoms with Gasteiger partial charge in [0, 0.05) is 26.6 Å². The van der Waals surface area contributed by atoms with Crippen LogP contribution in [-0.2, 0) is 23.9 Å². The van der Waals surface area contributed by atoms with Crippen molar-refractivity contribution in [3.8, 4) is 0 Å². The van der Waals surface area contributed by atoms with Gasteiger partial charge in [0.1, 0.15) is 23.3 Å². The van der Waals surface area contributed by atoms with E-state index in [1.165, 1.54) is 16.7 Å². The predicted molar refractivity (Wildman–Crippen MR) is 107 cm³/mol. The minimum absolute atomic E-state index is 0.203. The summed E-state index contributed by atoms with van der Waals surface area (Å²) in [6.07, 6.45) is 1.80. The molecule has 0 bridgehead atoms. The third kappa shape index (κ3) is 4.11. The van der Waals surface area contributed by atoms with Crippen LogP contribution in [0.3, 0.4) is 0 Å². The van der Waals surface area contributed by atoms with E-state index in [1.54, 1.807) is 32.6 Å². The Balaban J connectivity index is 1.80. The van der Waals surface area contributed by atoms with E-state index in [1.807, 2.05) is 0 Å². The van der Waals surface area contributed by atoms with Gasteiger partial charge in [-0.3, -0.25) is 19.3 Å². The lowest BCUT2D eigenvalue weighted by atomic mass is 9.83. The maximum atomic E-state index is 13.4. The molecule has 0 radical (unpaired) electrons. The van der Waals surface area contributed by atoms with E-state index in [4.69, 9.17) is 9.47 Å². The van der Waals surface area contributed by atoms with Gasteiger partial charge in [-0.05, 0) is 53.4 Å². The lowest BCUT2D eigenvalue weighted by Gasteiger charge is -2.54. The highest BCUT2D eigenvalue weighted by Gasteiger charge is 2.63. The van der Waals surface area contributed by atoms with E-state index in [9.17, 15) is 19.2 Å². The normalized spacial score (nSPS) is 25.9. The Morgan fingerprint density at radius 1 is 1.07 bits per heavy atom. The average molecular weight is 424 g/mol. The van der Waals surface area contributed by atoms with Crippen LogP contribution in [-0.4, -0.2) is 88.0 Å². The van der Waals surface area contributed by atoms with Crippen molar-refractivity contribution in [2.24, 2.45) is 0 Å². The van der Waals surface area contributed by atoms with E-state index >= 15 is 0 Å². The van der Waals surface area contributed by atoms with Crippen molar-refractivity contribution in [1.29, 1.82) is 0 Å².